The fraction of sp³-hybridized carbons (Fsp3) is 0.286. The van der Waals surface area contributed by atoms with Crippen molar-refractivity contribution in [2.45, 2.75) is 9.92 Å². The molecule has 2 aromatic carbocycles. The van der Waals surface area contributed by atoms with Gasteiger partial charge in [-0.3, -0.25) is 0 Å². The Labute approximate surface area is 178 Å². The lowest BCUT2D eigenvalue weighted by atomic mass is 10.2. The zero-order valence-corrected chi connectivity index (χ0v) is 17.2. The van der Waals surface area contributed by atoms with Gasteiger partial charge in [-0.25, -0.2) is 12.8 Å². The van der Waals surface area contributed by atoms with Crippen molar-refractivity contribution in [1.82, 2.24) is 4.98 Å². The average Bonchev–Trinajstić information content (AvgIpc) is 3.26. The number of rotatable bonds is 4. The largest absolute Gasteiger partial charge is 0.486 e. The Morgan fingerprint density at radius 1 is 0.935 bits per heavy atom. The second-order valence-electron chi connectivity index (χ2n) is 7.02. The van der Waals surface area contributed by atoms with E-state index in [0.717, 1.165) is 0 Å². The Hall–Kier alpha value is -3.11. The van der Waals surface area contributed by atoms with Gasteiger partial charge in [-0.05, 0) is 24.3 Å². The molecule has 3 heterocycles. The molecule has 10 heteroatoms. The molecule has 2 aliphatic rings. The number of morpholine rings is 1. The first-order valence-electron chi connectivity index (χ1n) is 9.77. The summed E-state index contributed by atoms with van der Waals surface area (Å²) in [6, 6.07) is 10.3. The first-order valence-corrected chi connectivity index (χ1v) is 11.3. The lowest BCUT2D eigenvalue weighted by molar-refractivity contribution is 0.120. The summed E-state index contributed by atoms with van der Waals surface area (Å²) >= 11 is 0. The molecule has 162 valence electrons. The summed E-state index contributed by atoms with van der Waals surface area (Å²) in [6.45, 7) is 2.41. The molecule has 0 bridgehead atoms. The molecular weight excluding hydrogens is 427 g/mol. The third-order valence-corrected chi connectivity index (χ3v) is 6.71. The van der Waals surface area contributed by atoms with Crippen LogP contribution in [-0.4, -0.2) is 52.9 Å². The minimum atomic E-state index is -4.10. The van der Waals surface area contributed by atoms with E-state index < -0.39 is 15.7 Å². The summed E-state index contributed by atoms with van der Waals surface area (Å²) in [7, 11) is -4.10. The summed E-state index contributed by atoms with van der Waals surface area (Å²) in [6.07, 6.45) is 0. The van der Waals surface area contributed by atoms with Gasteiger partial charge >= 0.3 is 0 Å². The molecule has 0 N–H and O–H groups in total. The van der Waals surface area contributed by atoms with E-state index in [1.807, 2.05) is 0 Å². The zero-order chi connectivity index (χ0) is 21.4. The molecule has 0 radical (unpaired) electrons. The van der Waals surface area contributed by atoms with Crippen LogP contribution in [0.2, 0.25) is 0 Å². The van der Waals surface area contributed by atoms with E-state index in [-0.39, 0.29) is 27.3 Å². The van der Waals surface area contributed by atoms with Gasteiger partial charge in [-0.1, -0.05) is 12.1 Å². The second-order valence-corrected chi connectivity index (χ2v) is 8.88. The molecule has 0 saturated carbocycles. The van der Waals surface area contributed by atoms with E-state index in [0.29, 0.717) is 51.0 Å². The summed E-state index contributed by atoms with van der Waals surface area (Å²) in [4.78, 5) is 5.96. The van der Waals surface area contributed by atoms with Gasteiger partial charge in [0.2, 0.25) is 26.6 Å². The number of halogens is 1. The highest BCUT2D eigenvalue weighted by Gasteiger charge is 2.33. The van der Waals surface area contributed by atoms with Gasteiger partial charge in [-0.2, -0.15) is 4.98 Å². The van der Waals surface area contributed by atoms with Crippen LogP contribution < -0.4 is 14.4 Å². The maximum atomic E-state index is 14.4. The Bertz CT molecular complexity index is 1220. The molecule has 0 amide bonds. The number of aromatic nitrogens is 1. The minimum absolute atomic E-state index is 0.0142. The van der Waals surface area contributed by atoms with Crippen LogP contribution in [0.15, 0.2) is 56.8 Å². The van der Waals surface area contributed by atoms with Crippen LogP contribution in [0.5, 0.6) is 11.5 Å². The molecule has 5 rings (SSSR count). The fourth-order valence-corrected chi connectivity index (χ4v) is 4.83. The van der Waals surface area contributed by atoms with Gasteiger partial charge in [0.15, 0.2) is 11.5 Å². The van der Waals surface area contributed by atoms with Gasteiger partial charge in [0.05, 0.1) is 23.7 Å². The van der Waals surface area contributed by atoms with E-state index in [9.17, 15) is 12.8 Å². The number of sulfone groups is 1. The SMILES string of the molecule is O=S(=O)(c1ccc2c(c1)OCCO2)c1nc(-c2ccccc2F)oc1N1CCOCC1. The van der Waals surface area contributed by atoms with Crippen molar-refractivity contribution in [3.63, 3.8) is 0 Å². The third kappa shape index (κ3) is 3.61. The molecule has 3 aromatic rings. The van der Waals surface area contributed by atoms with E-state index in [4.69, 9.17) is 18.6 Å². The Balaban J connectivity index is 1.63. The maximum absolute atomic E-state index is 14.4. The molecule has 0 unspecified atom stereocenters. The highest BCUT2D eigenvalue weighted by molar-refractivity contribution is 7.91. The Kier molecular flexibility index (Phi) is 5.03. The molecule has 0 aliphatic carbocycles. The van der Waals surface area contributed by atoms with Crippen molar-refractivity contribution < 1.29 is 31.4 Å². The average molecular weight is 446 g/mol. The zero-order valence-electron chi connectivity index (χ0n) is 16.4. The maximum Gasteiger partial charge on any atom is 0.236 e. The van der Waals surface area contributed by atoms with E-state index >= 15 is 0 Å². The van der Waals surface area contributed by atoms with Gasteiger partial charge in [0, 0.05) is 19.2 Å². The predicted molar refractivity (Wildman–Crippen MR) is 108 cm³/mol. The number of hydrogen-bond acceptors (Lipinski definition) is 8. The van der Waals surface area contributed by atoms with Crippen molar-refractivity contribution in [2.24, 2.45) is 0 Å². The molecule has 1 saturated heterocycles. The first kappa shape index (κ1) is 19.8. The quantitative estimate of drug-likeness (QED) is 0.604. The van der Waals surface area contributed by atoms with Crippen LogP contribution in [0.1, 0.15) is 0 Å². The summed E-state index contributed by atoms with van der Waals surface area (Å²) in [5.41, 5.74) is 0.0839. The molecule has 0 spiro atoms. The molecule has 1 fully saturated rings. The number of nitrogens with zero attached hydrogens (tertiary/aromatic N) is 2. The summed E-state index contributed by atoms with van der Waals surface area (Å²) in [5, 5.41) is -0.274. The highest BCUT2D eigenvalue weighted by atomic mass is 32.2. The van der Waals surface area contributed by atoms with Crippen LogP contribution in [0, 0.1) is 5.82 Å². The van der Waals surface area contributed by atoms with Crippen molar-refractivity contribution in [2.75, 3.05) is 44.4 Å². The predicted octanol–water partition coefficient (Wildman–Crippen LogP) is 2.92. The number of fused-ring (bicyclic) bond motifs is 1. The molecule has 8 nitrogen and oxygen atoms in total. The monoisotopic (exact) mass is 446 g/mol. The van der Waals surface area contributed by atoms with Crippen LogP contribution in [0.4, 0.5) is 10.3 Å². The number of ether oxygens (including phenoxy) is 3. The van der Waals surface area contributed by atoms with E-state index in [1.54, 1.807) is 17.0 Å². The number of oxazole rings is 1. The summed E-state index contributed by atoms with van der Waals surface area (Å²) < 4.78 is 63.6. The Morgan fingerprint density at radius 2 is 1.68 bits per heavy atom. The first-order chi connectivity index (χ1) is 15.0. The molecule has 0 atom stereocenters. The number of hydrogen-bond donors (Lipinski definition) is 0. The summed E-state index contributed by atoms with van der Waals surface area (Å²) in [5.74, 6) is 0.233. The third-order valence-electron chi connectivity index (χ3n) is 5.06. The van der Waals surface area contributed by atoms with Crippen molar-refractivity contribution in [3.05, 3.63) is 48.3 Å². The molecule has 31 heavy (non-hydrogen) atoms. The van der Waals surface area contributed by atoms with Gasteiger partial charge < -0.3 is 23.5 Å². The van der Waals surface area contributed by atoms with Crippen molar-refractivity contribution in [3.8, 4) is 23.0 Å². The topological polar surface area (TPSA) is 91.1 Å². The number of benzene rings is 2. The normalized spacial score (nSPS) is 16.4. The van der Waals surface area contributed by atoms with Gasteiger partial charge in [0.25, 0.3) is 0 Å². The Morgan fingerprint density at radius 3 is 2.45 bits per heavy atom. The van der Waals surface area contributed by atoms with Gasteiger partial charge in [0.1, 0.15) is 19.0 Å². The second kappa shape index (κ2) is 7.86. The van der Waals surface area contributed by atoms with E-state index in [2.05, 4.69) is 4.98 Å². The standard InChI is InChI=1S/C21H19FN2O6S/c22-16-4-2-1-3-15(16)19-23-20(21(30-19)24-7-9-27-10-8-24)31(25,26)14-5-6-17-18(13-14)29-12-11-28-17/h1-6,13H,7-12H2. The van der Waals surface area contributed by atoms with Crippen molar-refractivity contribution in [1.29, 1.82) is 0 Å². The lowest BCUT2D eigenvalue weighted by Gasteiger charge is -2.26. The fourth-order valence-electron chi connectivity index (χ4n) is 3.49. The van der Waals surface area contributed by atoms with Crippen LogP contribution in [0.3, 0.4) is 0 Å². The van der Waals surface area contributed by atoms with Crippen LogP contribution >= 0.6 is 0 Å². The molecular formula is C21H19FN2O6S. The highest BCUT2D eigenvalue weighted by Crippen LogP contribution is 2.38. The lowest BCUT2D eigenvalue weighted by Crippen LogP contribution is -2.36. The molecule has 2 aliphatic heterocycles. The number of anilines is 1. The van der Waals surface area contributed by atoms with Crippen LogP contribution in [-0.2, 0) is 14.6 Å². The van der Waals surface area contributed by atoms with Crippen molar-refractivity contribution >= 4 is 15.7 Å². The smallest absolute Gasteiger partial charge is 0.236 e. The minimum Gasteiger partial charge on any atom is -0.486 e. The van der Waals surface area contributed by atoms with E-state index in [1.165, 1.54) is 30.3 Å². The van der Waals surface area contributed by atoms with Gasteiger partial charge in [-0.15, -0.1) is 0 Å². The van der Waals surface area contributed by atoms with Crippen LogP contribution in [0.25, 0.3) is 11.5 Å². The molecule has 1 aromatic heterocycles.